The van der Waals surface area contributed by atoms with Gasteiger partial charge in [0, 0.05) is 32.4 Å². The lowest BCUT2D eigenvalue weighted by molar-refractivity contribution is 0.0734. The maximum Gasteiger partial charge on any atom is 0.293 e. The number of para-hydroxylation sites is 1. The molecule has 1 aromatic carbocycles. The van der Waals surface area contributed by atoms with Gasteiger partial charge in [0.05, 0.1) is 10.6 Å². The van der Waals surface area contributed by atoms with Gasteiger partial charge in [-0.3, -0.25) is 4.79 Å². The van der Waals surface area contributed by atoms with Crippen LogP contribution in [0.4, 0.5) is 5.82 Å². The van der Waals surface area contributed by atoms with Crippen molar-refractivity contribution >= 4 is 23.1 Å². The summed E-state index contributed by atoms with van der Waals surface area (Å²) in [5.41, 5.74) is 0.882. The zero-order chi connectivity index (χ0) is 20.3. The topological polar surface area (TPSA) is 67.2 Å². The van der Waals surface area contributed by atoms with E-state index in [-0.39, 0.29) is 11.7 Å². The van der Waals surface area contributed by atoms with Crippen LogP contribution < -0.4 is 4.90 Å². The third-order valence-electron chi connectivity index (χ3n) is 5.08. The Kier molecular flexibility index (Phi) is 4.98. The van der Waals surface area contributed by atoms with E-state index in [9.17, 15) is 4.79 Å². The Hall–Kier alpha value is -3.52. The van der Waals surface area contributed by atoms with Crippen LogP contribution in [0.2, 0.25) is 0 Å². The van der Waals surface area contributed by atoms with Crippen molar-refractivity contribution in [2.75, 3.05) is 31.1 Å². The molecule has 30 heavy (non-hydrogen) atoms. The molecular weight excluding hydrogens is 396 g/mol. The largest absolute Gasteiger partial charge is 0.353 e. The fourth-order valence-corrected chi connectivity index (χ4v) is 4.24. The minimum Gasteiger partial charge on any atom is -0.353 e. The second-order valence-electron chi connectivity index (χ2n) is 6.95. The first-order valence-electron chi connectivity index (χ1n) is 9.81. The van der Waals surface area contributed by atoms with Crippen molar-refractivity contribution in [3.05, 3.63) is 78.1 Å². The molecule has 5 rings (SSSR count). The van der Waals surface area contributed by atoms with E-state index in [2.05, 4.69) is 20.0 Å². The predicted molar refractivity (Wildman–Crippen MR) is 117 cm³/mol. The summed E-state index contributed by atoms with van der Waals surface area (Å²) in [5, 5.41) is 6.58. The van der Waals surface area contributed by atoms with Crippen molar-refractivity contribution in [2.24, 2.45) is 0 Å². The maximum absolute atomic E-state index is 13.2. The van der Waals surface area contributed by atoms with Gasteiger partial charge < -0.3 is 9.80 Å². The molecule has 8 heteroatoms. The predicted octanol–water partition coefficient (Wildman–Crippen LogP) is 3.35. The van der Waals surface area contributed by atoms with Crippen LogP contribution in [0.5, 0.6) is 0 Å². The minimum atomic E-state index is -0.136. The van der Waals surface area contributed by atoms with Gasteiger partial charge in [-0.2, -0.15) is 0 Å². The summed E-state index contributed by atoms with van der Waals surface area (Å²) in [5.74, 6) is 1.72. The standard InChI is InChI=1S/C22H20N6OS/c29-22(27-14-12-26(13-15-27)19-10-4-5-11-23-19)20-24-21(18-9-6-16-30-18)28(25-20)17-7-2-1-3-8-17/h1-11,16H,12-15H2. The molecule has 1 saturated heterocycles. The number of carbonyl (C=O) groups excluding carboxylic acids is 1. The van der Waals surface area contributed by atoms with E-state index in [0.717, 1.165) is 29.5 Å². The number of thiophene rings is 1. The van der Waals surface area contributed by atoms with Gasteiger partial charge in [-0.25, -0.2) is 14.6 Å². The van der Waals surface area contributed by atoms with Crippen LogP contribution in [-0.4, -0.2) is 56.7 Å². The highest BCUT2D eigenvalue weighted by Crippen LogP contribution is 2.26. The van der Waals surface area contributed by atoms with Crippen LogP contribution in [0, 0.1) is 0 Å². The number of nitrogens with zero attached hydrogens (tertiary/aromatic N) is 6. The quantitative estimate of drug-likeness (QED) is 0.510. The second kappa shape index (κ2) is 8.08. The number of hydrogen-bond acceptors (Lipinski definition) is 6. The van der Waals surface area contributed by atoms with E-state index in [1.807, 2.05) is 70.9 Å². The Balaban J connectivity index is 1.39. The molecule has 1 fully saturated rings. The van der Waals surface area contributed by atoms with E-state index >= 15 is 0 Å². The number of carbonyl (C=O) groups is 1. The van der Waals surface area contributed by atoms with Gasteiger partial charge in [0.15, 0.2) is 5.82 Å². The number of rotatable bonds is 4. The van der Waals surface area contributed by atoms with Crippen LogP contribution in [0.1, 0.15) is 10.6 Å². The smallest absolute Gasteiger partial charge is 0.293 e. The molecule has 7 nitrogen and oxygen atoms in total. The average molecular weight is 417 g/mol. The SMILES string of the molecule is O=C(c1nc(-c2cccs2)n(-c2ccccc2)n1)N1CCN(c2ccccn2)CC1. The van der Waals surface area contributed by atoms with Crippen molar-refractivity contribution in [3.8, 4) is 16.4 Å². The van der Waals surface area contributed by atoms with E-state index in [0.29, 0.717) is 18.9 Å². The summed E-state index contributed by atoms with van der Waals surface area (Å²) in [6.45, 7) is 2.70. The van der Waals surface area contributed by atoms with Gasteiger partial charge >= 0.3 is 0 Å². The lowest BCUT2D eigenvalue weighted by Gasteiger charge is -2.34. The van der Waals surface area contributed by atoms with Crippen molar-refractivity contribution < 1.29 is 4.79 Å². The summed E-state index contributed by atoms with van der Waals surface area (Å²) in [6, 6.07) is 19.6. The maximum atomic E-state index is 13.2. The first-order chi connectivity index (χ1) is 14.8. The molecule has 0 N–H and O–H groups in total. The van der Waals surface area contributed by atoms with Gasteiger partial charge in [0.2, 0.25) is 5.82 Å². The number of hydrogen-bond donors (Lipinski definition) is 0. The highest BCUT2D eigenvalue weighted by molar-refractivity contribution is 7.13. The highest BCUT2D eigenvalue weighted by Gasteiger charge is 2.27. The number of anilines is 1. The van der Waals surface area contributed by atoms with E-state index in [1.165, 1.54) is 0 Å². The van der Waals surface area contributed by atoms with Crippen molar-refractivity contribution in [1.29, 1.82) is 0 Å². The number of aromatic nitrogens is 4. The molecule has 0 atom stereocenters. The molecule has 1 amide bonds. The minimum absolute atomic E-state index is 0.136. The first kappa shape index (κ1) is 18.5. The zero-order valence-corrected chi connectivity index (χ0v) is 17.1. The Bertz CT molecular complexity index is 1120. The lowest BCUT2D eigenvalue weighted by Crippen LogP contribution is -2.49. The molecule has 0 unspecified atom stereocenters. The molecule has 3 aromatic heterocycles. The number of amides is 1. The Labute approximate surface area is 178 Å². The normalized spacial score (nSPS) is 14.1. The third-order valence-corrected chi connectivity index (χ3v) is 5.95. The van der Waals surface area contributed by atoms with E-state index in [1.54, 1.807) is 22.2 Å². The molecule has 1 aliphatic heterocycles. The fraction of sp³-hybridized carbons (Fsp3) is 0.182. The van der Waals surface area contributed by atoms with Crippen molar-refractivity contribution in [3.63, 3.8) is 0 Å². The molecule has 0 aliphatic carbocycles. The summed E-state index contributed by atoms with van der Waals surface area (Å²) >= 11 is 1.58. The van der Waals surface area contributed by atoms with Gasteiger partial charge in [0.25, 0.3) is 5.91 Å². The molecular formula is C22H20N6OS. The number of piperazine rings is 1. The highest BCUT2D eigenvalue weighted by atomic mass is 32.1. The van der Waals surface area contributed by atoms with Crippen LogP contribution >= 0.6 is 11.3 Å². The lowest BCUT2D eigenvalue weighted by atomic mass is 10.3. The molecule has 0 radical (unpaired) electrons. The molecule has 4 heterocycles. The summed E-state index contributed by atoms with van der Waals surface area (Å²) in [6.07, 6.45) is 1.79. The zero-order valence-electron chi connectivity index (χ0n) is 16.3. The van der Waals surface area contributed by atoms with Crippen molar-refractivity contribution in [1.82, 2.24) is 24.6 Å². The summed E-state index contributed by atoms with van der Waals surface area (Å²) in [4.78, 5) is 27.2. The number of pyridine rings is 1. The van der Waals surface area contributed by atoms with Gasteiger partial charge in [-0.05, 0) is 35.7 Å². The second-order valence-corrected chi connectivity index (χ2v) is 7.90. The van der Waals surface area contributed by atoms with Gasteiger partial charge in [-0.15, -0.1) is 16.4 Å². The number of benzene rings is 1. The molecule has 0 saturated carbocycles. The van der Waals surface area contributed by atoms with Gasteiger partial charge in [-0.1, -0.05) is 30.3 Å². The first-order valence-corrected chi connectivity index (χ1v) is 10.7. The molecule has 0 bridgehead atoms. The Morgan fingerprint density at radius 2 is 1.70 bits per heavy atom. The van der Waals surface area contributed by atoms with Crippen molar-refractivity contribution in [2.45, 2.75) is 0 Å². The van der Waals surface area contributed by atoms with E-state index in [4.69, 9.17) is 0 Å². The Morgan fingerprint density at radius 1 is 0.900 bits per heavy atom. The molecule has 0 spiro atoms. The van der Waals surface area contributed by atoms with E-state index < -0.39 is 0 Å². The molecule has 1 aliphatic rings. The van der Waals surface area contributed by atoms with Crippen LogP contribution in [0.25, 0.3) is 16.4 Å². The summed E-state index contributed by atoms with van der Waals surface area (Å²) in [7, 11) is 0. The average Bonchev–Trinajstić information content (AvgIpc) is 3.50. The van der Waals surface area contributed by atoms with Gasteiger partial charge in [0.1, 0.15) is 5.82 Å². The summed E-state index contributed by atoms with van der Waals surface area (Å²) < 4.78 is 1.75. The third kappa shape index (κ3) is 3.57. The fourth-order valence-electron chi connectivity index (χ4n) is 3.54. The monoisotopic (exact) mass is 416 g/mol. The van der Waals surface area contributed by atoms with Crippen LogP contribution in [0.3, 0.4) is 0 Å². The van der Waals surface area contributed by atoms with Crippen LogP contribution in [0.15, 0.2) is 72.2 Å². The molecule has 150 valence electrons. The Morgan fingerprint density at radius 3 is 2.40 bits per heavy atom. The molecule has 4 aromatic rings. The van der Waals surface area contributed by atoms with Crippen LogP contribution in [-0.2, 0) is 0 Å².